The molecule has 44 heavy (non-hydrogen) atoms. The number of hydrogen-bond acceptors (Lipinski definition) is 8. The molecule has 0 fully saturated rings. The van der Waals surface area contributed by atoms with E-state index in [-0.39, 0.29) is 57.5 Å². The molecule has 2 aromatic carbocycles. The second kappa shape index (κ2) is 15.6. The van der Waals surface area contributed by atoms with E-state index in [0.29, 0.717) is 54.9 Å². The Bertz CT molecular complexity index is 1700. The predicted molar refractivity (Wildman–Crippen MR) is 167 cm³/mol. The van der Waals surface area contributed by atoms with Crippen molar-refractivity contribution in [3.63, 3.8) is 0 Å². The molecule has 0 amide bonds. The summed E-state index contributed by atoms with van der Waals surface area (Å²) in [6.45, 7) is 4.10. The van der Waals surface area contributed by atoms with Crippen LogP contribution in [0.1, 0.15) is 82.5 Å². The molecule has 4 aromatic rings. The number of fused-ring (bicyclic) bond motifs is 2. The molecule has 0 saturated heterocycles. The van der Waals surface area contributed by atoms with Gasteiger partial charge in [-0.05, 0) is 69.5 Å². The van der Waals surface area contributed by atoms with Crippen molar-refractivity contribution in [3.05, 3.63) is 91.4 Å². The maximum absolute atomic E-state index is 12.1. The van der Waals surface area contributed by atoms with Crippen LogP contribution < -0.4 is 29.6 Å². The van der Waals surface area contributed by atoms with E-state index in [1.54, 1.807) is 23.2 Å². The summed E-state index contributed by atoms with van der Waals surface area (Å²) in [5, 5.41) is 18.9. The minimum absolute atomic E-state index is 0. The number of nitrogens with zero attached hydrogens (tertiary/aromatic N) is 4. The van der Waals surface area contributed by atoms with Gasteiger partial charge in [0, 0.05) is 34.9 Å². The topological polar surface area (TPSA) is 126 Å². The summed E-state index contributed by atoms with van der Waals surface area (Å²) in [5.74, 6) is -0.901. The minimum Gasteiger partial charge on any atom is -1.00 e. The fraction of sp³-hybridized carbons (Fsp3) is 0.300. The number of ketones is 1. The standard InChI is InChI=1S/C15H15BrN2O3.C15H13BrN2O3.B.Na.H/c2*1-2-21-15(20)13-11-6-7-12(19)14(11)18(17-13)10-5-3-4-9(16)8-10;;;/h3-5,8,12,19H,2,6-7H2,1H3;3-5,8H,2,6-7H2,1H3;;;/q;;;+1;-1. The molecular weight excluding hydrogens is 706 g/mol. The second-order valence-electron chi connectivity index (χ2n) is 9.59. The van der Waals surface area contributed by atoms with Gasteiger partial charge in [-0.3, -0.25) is 4.79 Å². The third kappa shape index (κ3) is 7.29. The van der Waals surface area contributed by atoms with E-state index in [0.717, 1.165) is 25.9 Å². The SMILES string of the molecule is CCOC(=O)c1nn(-c2cccc(Br)c2)c2c1CCC2=O.CCOC(=O)c1nn(-c2cccc(Br)c2)c2c1CCC2O.[B].[H-].[Na+]. The van der Waals surface area contributed by atoms with Crippen LogP contribution in [0, 0.1) is 0 Å². The summed E-state index contributed by atoms with van der Waals surface area (Å²) < 4.78 is 15.1. The normalized spacial score (nSPS) is 14.4. The van der Waals surface area contributed by atoms with Crippen molar-refractivity contribution >= 4 is 58.0 Å². The van der Waals surface area contributed by atoms with E-state index in [2.05, 4.69) is 42.1 Å². The summed E-state index contributed by atoms with van der Waals surface area (Å²) in [6, 6.07) is 15.0. The number of aliphatic hydroxyl groups excluding tert-OH is 1. The molecule has 223 valence electrons. The summed E-state index contributed by atoms with van der Waals surface area (Å²) in [6.07, 6.45) is 1.59. The zero-order valence-electron chi connectivity index (χ0n) is 25.5. The Balaban J connectivity index is 0.000000294. The quantitative estimate of drug-likeness (QED) is 0.237. The maximum Gasteiger partial charge on any atom is 1.00 e. The smallest absolute Gasteiger partial charge is 1.00 e. The molecule has 0 spiro atoms. The van der Waals surface area contributed by atoms with Crippen LogP contribution in [0.15, 0.2) is 57.5 Å². The number of aliphatic hydroxyl groups is 1. The number of benzene rings is 2. The molecule has 0 bridgehead atoms. The molecule has 0 saturated carbocycles. The fourth-order valence-electron chi connectivity index (χ4n) is 5.13. The molecule has 2 aliphatic carbocycles. The number of carbonyl (C=O) groups is 3. The molecular formula is C30H29BBr2N4NaO6. The van der Waals surface area contributed by atoms with Gasteiger partial charge in [0.25, 0.3) is 0 Å². The first-order valence-electron chi connectivity index (χ1n) is 13.5. The van der Waals surface area contributed by atoms with Gasteiger partial charge in [-0.2, -0.15) is 10.2 Å². The monoisotopic (exact) mass is 733 g/mol. The summed E-state index contributed by atoms with van der Waals surface area (Å²) in [4.78, 5) is 36.2. The van der Waals surface area contributed by atoms with E-state index in [4.69, 9.17) is 9.47 Å². The number of carbonyl (C=O) groups excluding carboxylic acids is 3. The molecule has 2 heterocycles. The molecule has 2 aliphatic rings. The summed E-state index contributed by atoms with van der Waals surface area (Å²) in [7, 11) is 0. The van der Waals surface area contributed by atoms with E-state index < -0.39 is 18.0 Å². The van der Waals surface area contributed by atoms with Crippen LogP contribution >= 0.6 is 31.9 Å². The van der Waals surface area contributed by atoms with Crippen molar-refractivity contribution in [2.75, 3.05) is 13.2 Å². The third-order valence-corrected chi connectivity index (χ3v) is 7.89. The molecule has 14 heteroatoms. The van der Waals surface area contributed by atoms with Gasteiger partial charge in [-0.1, -0.05) is 44.0 Å². The molecule has 2 aromatic heterocycles. The molecule has 1 unspecified atom stereocenters. The third-order valence-electron chi connectivity index (χ3n) is 6.90. The zero-order valence-corrected chi connectivity index (χ0v) is 29.7. The first-order valence-corrected chi connectivity index (χ1v) is 15.1. The first kappa shape index (κ1) is 35.9. The number of rotatable bonds is 6. The average Bonchev–Trinajstić information content (AvgIpc) is 3.72. The van der Waals surface area contributed by atoms with Crippen LogP contribution in [0.25, 0.3) is 11.4 Å². The molecule has 3 radical (unpaired) electrons. The number of halogens is 2. The predicted octanol–water partition coefficient (Wildman–Crippen LogP) is 2.47. The minimum atomic E-state index is -0.602. The first-order chi connectivity index (χ1) is 20.2. The van der Waals surface area contributed by atoms with Crippen LogP contribution in [0.4, 0.5) is 0 Å². The number of hydrogen-bond donors (Lipinski definition) is 1. The Morgan fingerprint density at radius 2 is 1.41 bits per heavy atom. The van der Waals surface area contributed by atoms with Crippen LogP contribution in [0.5, 0.6) is 0 Å². The number of aromatic nitrogens is 4. The Kier molecular flexibility index (Phi) is 12.8. The van der Waals surface area contributed by atoms with Gasteiger partial charge in [-0.15, -0.1) is 0 Å². The van der Waals surface area contributed by atoms with E-state index in [9.17, 15) is 19.5 Å². The van der Waals surface area contributed by atoms with Crippen LogP contribution in [0.3, 0.4) is 0 Å². The van der Waals surface area contributed by atoms with Gasteiger partial charge in [0.1, 0.15) is 5.69 Å². The Hall–Kier alpha value is -2.55. The van der Waals surface area contributed by atoms with Crippen LogP contribution in [0.2, 0.25) is 0 Å². The fourth-order valence-corrected chi connectivity index (χ4v) is 5.90. The van der Waals surface area contributed by atoms with Crippen molar-refractivity contribution in [3.8, 4) is 11.4 Å². The van der Waals surface area contributed by atoms with Gasteiger partial charge in [0.2, 0.25) is 0 Å². The molecule has 6 rings (SSSR count). The number of esters is 2. The molecule has 1 N–H and O–H groups in total. The van der Waals surface area contributed by atoms with Crippen molar-refractivity contribution in [1.29, 1.82) is 0 Å². The summed E-state index contributed by atoms with van der Waals surface area (Å²) >= 11 is 6.82. The van der Waals surface area contributed by atoms with E-state index in [1.807, 2.05) is 48.5 Å². The van der Waals surface area contributed by atoms with Crippen molar-refractivity contribution in [2.45, 2.75) is 45.6 Å². The van der Waals surface area contributed by atoms with E-state index >= 15 is 0 Å². The number of ether oxygens (including phenoxy) is 2. The van der Waals surface area contributed by atoms with Gasteiger partial charge in [-0.25, -0.2) is 19.0 Å². The molecule has 1 atom stereocenters. The maximum atomic E-state index is 12.1. The molecule has 10 nitrogen and oxygen atoms in total. The second-order valence-corrected chi connectivity index (χ2v) is 11.4. The van der Waals surface area contributed by atoms with Gasteiger partial charge in [0.15, 0.2) is 17.2 Å². The van der Waals surface area contributed by atoms with Crippen molar-refractivity contribution in [2.24, 2.45) is 0 Å². The van der Waals surface area contributed by atoms with Crippen molar-refractivity contribution in [1.82, 2.24) is 19.6 Å². The largest absolute Gasteiger partial charge is 1.00 e. The Labute approximate surface area is 297 Å². The van der Waals surface area contributed by atoms with Gasteiger partial charge >= 0.3 is 41.5 Å². The van der Waals surface area contributed by atoms with Crippen molar-refractivity contribution < 1.29 is 59.9 Å². The molecule has 0 aliphatic heterocycles. The number of Topliss-reactive ketones (excluding diaryl/α,β-unsaturated/α-hetero) is 1. The van der Waals surface area contributed by atoms with Crippen LogP contribution in [-0.4, -0.2) is 64.0 Å². The summed E-state index contributed by atoms with van der Waals surface area (Å²) in [5.41, 5.74) is 4.77. The Morgan fingerprint density at radius 3 is 1.95 bits per heavy atom. The zero-order chi connectivity index (χ0) is 30.0. The van der Waals surface area contributed by atoms with Crippen LogP contribution in [-0.2, 0) is 22.3 Å². The van der Waals surface area contributed by atoms with Gasteiger partial charge < -0.3 is 16.0 Å². The average molecular weight is 735 g/mol. The van der Waals surface area contributed by atoms with E-state index in [1.165, 1.54) is 0 Å². The Morgan fingerprint density at radius 1 is 0.886 bits per heavy atom. The van der Waals surface area contributed by atoms with Gasteiger partial charge in [0.05, 0.1) is 36.4 Å².